The van der Waals surface area contributed by atoms with Crippen LogP contribution in [0.5, 0.6) is 0 Å². The Labute approximate surface area is 170 Å². The minimum Gasteiger partial charge on any atom is -0.381 e. The van der Waals surface area contributed by atoms with Gasteiger partial charge < -0.3 is 10.1 Å². The lowest BCUT2D eigenvalue weighted by Crippen LogP contribution is -2.48. The summed E-state index contributed by atoms with van der Waals surface area (Å²) >= 11 is 0. The molecule has 1 saturated heterocycles. The first-order chi connectivity index (χ1) is 13.9. The molecule has 1 aromatic rings. The van der Waals surface area contributed by atoms with Crippen LogP contribution in [0.15, 0.2) is 18.2 Å². The minimum atomic E-state index is -4.38. The molecule has 1 aromatic carbocycles. The maximum Gasteiger partial charge on any atom is 0.416 e. The van der Waals surface area contributed by atoms with Crippen LogP contribution >= 0.6 is 0 Å². The van der Waals surface area contributed by atoms with Gasteiger partial charge in [0.2, 0.25) is 0 Å². The highest BCUT2D eigenvalue weighted by Crippen LogP contribution is 2.44. The Kier molecular flexibility index (Phi) is 6.30. The molecule has 1 N–H and O–H groups in total. The molecule has 2 aliphatic carbocycles. The molecule has 0 radical (unpaired) electrons. The number of hydrogen-bond acceptors (Lipinski definition) is 3. The molecule has 160 valence electrons. The maximum absolute atomic E-state index is 13.1. The van der Waals surface area contributed by atoms with Gasteiger partial charge in [0.05, 0.1) is 12.2 Å². The molecule has 2 atom stereocenters. The number of nitrogens with one attached hydrogen (secondary N) is 1. The van der Waals surface area contributed by atoms with Crippen molar-refractivity contribution < 1.29 is 22.7 Å². The largest absolute Gasteiger partial charge is 0.416 e. The highest BCUT2D eigenvalue weighted by Gasteiger charge is 2.36. The van der Waals surface area contributed by atoms with Crippen LogP contribution in [0, 0.1) is 5.92 Å². The number of halogens is 3. The molecule has 0 spiro atoms. The smallest absolute Gasteiger partial charge is 0.381 e. The summed E-state index contributed by atoms with van der Waals surface area (Å²) in [6.45, 7) is 1.23. The van der Waals surface area contributed by atoms with Crippen molar-refractivity contribution in [3.8, 4) is 0 Å². The summed E-state index contributed by atoms with van der Waals surface area (Å²) in [5, 5.41) is 3.76. The van der Waals surface area contributed by atoms with Crippen molar-refractivity contribution in [2.24, 2.45) is 5.92 Å². The fourth-order valence-corrected chi connectivity index (χ4v) is 4.86. The molecule has 3 nitrogen and oxygen atoms in total. The molecule has 4 rings (SSSR count). The van der Waals surface area contributed by atoms with Crippen molar-refractivity contribution in [1.29, 1.82) is 0 Å². The van der Waals surface area contributed by atoms with Crippen molar-refractivity contribution in [3.63, 3.8) is 0 Å². The molecular formula is C23H30F3NO2. The van der Waals surface area contributed by atoms with Crippen LogP contribution in [0.3, 0.4) is 0 Å². The standard InChI is InChI=1S/C23H30F3NO2/c24-23(25,26)17-8-9-19(20(13-17)15-6-7-15)22(28)12-16-14-29-11-10-21(16)27-18-4-2-1-3-5-18/h8-9,13,15-16,18,21,27H,1-7,10-12,14H2/t16-,21-/m0/s1. The van der Waals surface area contributed by atoms with Gasteiger partial charge in [-0.05, 0) is 55.7 Å². The van der Waals surface area contributed by atoms with Gasteiger partial charge >= 0.3 is 6.18 Å². The van der Waals surface area contributed by atoms with Gasteiger partial charge in [0.15, 0.2) is 5.78 Å². The van der Waals surface area contributed by atoms with Crippen molar-refractivity contribution in [3.05, 3.63) is 34.9 Å². The summed E-state index contributed by atoms with van der Waals surface area (Å²) in [5.74, 6) is 0.120. The minimum absolute atomic E-state index is 0.0495. The third-order valence-electron chi connectivity index (χ3n) is 6.67. The van der Waals surface area contributed by atoms with Crippen LogP contribution < -0.4 is 5.32 Å². The number of Topliss-reactive ketones (excluding diaryl/α,β-unsaturated/α-hetero) is 1. The summed E-state index contributed by atoms with van der Waals surface area (Å²) in [6, 6.07) is 4.40. The van der Waals surface area contributed by atoms with Crippen LogP contribution in [-0.4, -0.2) is 31.1 Å². The summed E-state index contributed by atoms with van der Waals surface area (Å²) in [6.07, 6.45) is 4.72. The van der Waals surface area contributed by atoms with Gasteiger partial charge in [-0.25, -0.2) is 0 Å². The molecule has 1 aliphatic heterocycles. The maximum atomic E-state index is 13.1. The third-order valence-corrected chi connectivity index (χ3v) is 6.67. The van der Waals surface area contributed by atoms with E-state index >= 15 is 0 Å². The van der Waals surface area contributed by atoms with E-state index in [0.717, 1.165) is 25.3 Å². The molecule has 29 heavy (non-hydrogen) atoms. The molecule has 3 aliphatic rings. The lowest BCUT2D eigenvalue weighted by molar-refractivity contribution is -0.137. The zero-order valence-electron chi connectivity index (χ0n) is 16.8. The first-order valence-electron chi connectivity index (χ1n) is 11.0. The van der Waals surface area contributed by atoms with Gasteiger partial charge in [0.1, 0.15) is 0 Å². The normalized spacial score (nSPS) is 26.4. The molecule has 0 unspecified atom stereocenters. The SMILES string of the molecule is O=C(C[C@H]1COCC[C@@H]1NC1CCCCC1)c1ccc(C(F)(F)F)cc1C1CC1. The molecule has 6 heteroatoms. The second-order valence-electron chi connectivity index (χ2n) is 8.93. The fraction of sp³-hybridized carbons (Fsp3) is 0.696. The van der Waals surface area contributed by atoms with E-state index in [4.69, 9.17) is 4.74 Å². The Morgan fingerprint density at radius 1 is 1.07 bits per heavy atom. The van der Waals surface area contributed by atoms with Gasteiger partial charge in [-0.15, -0.1) is 0 Å². The Balaban J connectivity index is 1.47. The van der Waals surface area contributed by atoms with Gasteiger partial charge in [-0.3, -0.25) is 4.79 Å². The average molecular weight is 409 g/mol. The predicted octanol–water partition coefficient (Wildman–Crippen LogP) is 5.48. The monoisotopic (exact) mass is 409 g/mol. The van der Waals surface area contributed by atoms with E-state index in [2.05, 4.69) is 5.32 Å². The van der Waals surface area contributed by atoms with E-state index in [1.54, 1.807) is 0 Å². The lowest BCUT2D eigenvalue weighted by atomic mass is 9.85. The summed E-state index contributed by atoms with van der Waals surface area (Å²) in [4.78, 5) is 13.1. The Morgan fingerprint density at radius 2 is 1.83 bits per heavy atom. The second-order valence-corrected chi connectivity index (χ2v) is 8.93. The Morgan fingerprint density at radius 3 is 2.52 bits per heavy atom. The quantitative estimate of drug-likeness (QED) is 0.632. The average Bonchev–Trinajstić information content (AvgIpc) is 3.54. The van der Waals surface area contributed by atoms with Crippen LogP contribution in [0.4, 0.5) is 13.2 Å². The molecule has 0 amide bonds. The van der Waals surface area contributed by atoms with E-state index in [1.807, 2.05) is 0 Å². The summed E-state index contributed by atoms with van der Waals surface area (Å²) in [5.41, 5.74) is 0.398. The van der Waals surface area contributed by atoms with E-state index in [9.17, 15) is 18.0 Å². The highest BCUT2D eigenvalue weighted by molar-refractivity contribution is 5.98. The van der Waals surface area contributed by atoms with Crippen LogP contribution in [-0.2, 0) is 10.9 Å². The Hall–Kier alpha value is -1.40. The lowest BCUT2D eigenvalue weighted by Gasteiger charge is -2.36. The zero-order chi connectivity index (χ0) is 20.4. The molecule has 3 fully saturated rings. The van der Waals surface area contributed by atoms with E-state index in [0.29, 0.717) is 36.8 Å². The first-order valence-corrected chi connectivity index (χ1v) is 11.0. The number of alkyl halides is 3. The molecule has 2 saturated carbocycles. The van der Waals surface area contributed by atoms with Crippen molar-refractivity contribution >= 4 is 5.78 Å². The molecule has 0 aromatic heterocycles. The Bertz CT molecular complexity index is 723. The number of carbonyl (C=O) groups is 1. The fourth-order valence-electron chi connectivity index (χ4n) is 4.86. The van der Waals surface area contributed by atoms with Crippen molar-refractivity contribution in [2.45, 2.75) is 82.0 Å². The van der Waals surface area contributed by atoms with E-state index in [1.165, 1.54) is 44.2 Å². The second kappa shape index (κ2) is 8.76. The van der Waals surface area contributed by atoms with Crippen LogP contribution in [0.25, 0.3) is 0 Å². The predicted molar refractivity (Wildman–Crippen MR) is 105 cm³/mol. The number of ether oxygens (including phenoxy) is 1. The zero-order valence-corrected chi connectivity index (χ0v) is 16.8. The molecule has 1 heterocycles. The molecule has 0 bridgehead atoms. The van der Waals surface area contributed by atoms with Crippen molar-refractivity contribution in [2.75, 3.05) is 13.2 Å². The van der Waals surface area contributed by atoms with E-state index < -0.39 is 11.7 Å². The summed E-state index contributed by atoms with van der Waals surface area (Å²) < 4.78 is 45.0. The number of hydrogen-bond donors (Lipinski definition) is 1. The third kappa shape index (κ3) is 5.21. The number of rotatable bonds is 6. The topological polar surface area (TPSA) is 38.3 Å². The van der Waals surface area contributed by atoms with Crippen LogP contribution in [0.1, 0.15) is 85.2 Å². The first kappa shape index (κ1) is 20.9. The highest BCUT2D eigenvalue weighted by atomic mass is 19.4. The number of benzene rings is 1. The van der Waals surface area contributed by atoms with Gasteiger partial charge in [0, 0.05) is 36.6 Å². The number of ketones is 1. The van der Waals surface area contributed by atoms with Gasteiger partial charge in [0.25, 0.3) is 0 Å². The number of carbonyl (C=O) groups excluding carboxylic acids is 1. The van der Waals surface area contributed by atoms with Crippen LogP contribution in [0.2, 0.25) is 0 Å². The van der Waals surface area contributed by atoms with Gasteiger partial charge in [-0.2, -0.15) is 13.2 Å². The van der Waals surface area contributed by atoms with Crippen molar-refractivity contribution in [1.82, 2.24) is 5.32 Å². The molecular weight excluding hydrogens is 379 g/mol. The van der Waals surface area contributed by atoms with Gasteiger partial charge in [-0.1, -0.05) is 25.3 Å². The summed E-state index contributed by atoms with van der Waals surface area (Å²) in [7, 11) is 0. The van der Waals surface area contributed by atoms with E-state index in [-0.39, 0.29) is 23.7 Å².